The fraction of sp³-hybridized carbons (Fsp3) is 0.192. The summed E-state index contributed by atoms with van der Waals surface area (Å²) in [6.07, 6.45) is -2.95. The molecule has 38 heavy (non-hydrogen) atoms. The summed E-state index contributed by atoms with van der Waals surface area (Å²) in [7, 11) is 0. The van der Waals surface area contributed by atoms with Crippen LogP contribution in [0.3, 0.4) is 0 Å². The Kier molecular flexibility index (Phi) is 5.59. The molecular formula is C26H21F3N8O. The van der Waals surface area contributed by atoms with E-state index in [0.29, 0.717) is 36.8 Å². The third-order valence-electron chi connectivity index (χ3n) is 6.42. The highest BCUT2D eigenvalue weighted by molar-refractivity contribution is 5.91. The lowest BCUT2D eigenvalue weighted by Gasteiger charge is -2.28. The number of pyridine rings is 1. The molecular weight excluding hydrogens is 497 g/mol. The van der Waals surface area contributed by atoms with Crippen molar-refractivity contribution in [1.82, 2.24) is 29.9 Å². The first-order valence-corrected chi connectivity index (χ1v) is 11.8. The zero-order valence-electron chi connectivity index (χ0n) is 20.1. The largest absolute Gasteiger partial charge is 0.416 e. The maximum Gasteiger partial charge on any atom is 0.416 e. The SMILES string of the molecule is Cc1cccc(-c2nnn3c2CN(c2nc(Nc4ccc(C(F)(F)F)cc4)c4c(=O)[nH]ccc4n2)CC3)c1. The number of anilines is 3. The molecule has 9 nitrogen and oxygen atoms in total. The van der Waals surface area contributed by atoms with Gasteiger partial charge in [0.1, 0.15) is 16.9 Å². The Bertz CT molecular complexity index is 1710. The van der Waals surface area contributed by atoms with E-state index in [0.717, 1.165) is 34.6 Å². The summed E-state index contributed by atoms with van der Waals surface area (Å²) < 4.78 is 40.9. The van der Waals surface area contributed by atoms with Crippen LogP contribution < -0.4 is 15.8 Å². The van der Waals surface area contributed by atoms with Gasteiger partial charge in [0.2, 0.25) is 5.95 Å². The molecule has 4 heterocycles. The first kappa shape index (κ1) is 23.6. The monoisotopic (exact) mass is 518 g/mol. The lowest BCUT2D eigenvalue weighted by atomic mass is 10.1. The van der Waals surface area contributed by atoms with Crippen molar-refractivity contribution in [3.63, 3.8) is 0 Å². The van der Waals surface area contributed by atoms with Crippen molar-refractivity contribution in [2.75, 3.05) is 16.8 Å². The third kappa shape index (κ3) is 4.33. The molecule has 2 aromatic carbocycles. The number of aryl methyl sites for hydroxylation is 1. The number of alkyl halides is 3. The zero-order chi connectivity index (χ0) is 26.4. The molecule has 0 saturated carbocycles. The number of H-pyrrole nitrogens is 1. The van der Waals surface area contributed by atoms with Gasteiger partial charge in [0.15, 0.2) is 0 Å². The van der Waals surface area contributed by atoms with E-state index in [1.807, 2.05) is 34.7 Å². The maximum atomic E-state index is 13.0. The number of hydrogen-bond acceptors (Lipinski definition) is 7. The second kappa shape index (κ2) is 8.98. The number of benzene rings is 2. The summed E-state index contributed by atoms with van der Waals surface area (Å²) in [6, 6.07) is 14.2. The Balaban J connectivity index is 1.38. The molecule has 0 bridgehead atoms. The first-order valence-electron chi connectivity index (χ1n) is 11.8. The highest BCUT2D eigenvalue weighted by Gasteiger charge is 2.30. The minimum Gasteiger partial charge on any atom is -0.339 e. The van der Waals surface area contributed by atoms with Crippen molar-refractivity contribution in [3.05, 3.63) is 88.0 Å². The average Bonchev–Trinajstić information content (AvgIpc) is 3.32. The van der Waals surface area contributed by atoms with Crippen molar-refractivity contribution in [2.24, 2.45) is 0 Å². The summed E-state index contributed by atoms with van der Waals surface area (Å²) in [6.45, 7) is 3.57. The Morgan fingerprint density at radius 3 is 2.61 bits per heavy atom. The predicted molar refractivity (Wildman–Crippen MR) is 136 cm³/mol. The lowest BCUT2D eigenvalue weighted by Crippen LogP contribution is -2.35. The molecule has 0 atom stereocenters. The van der Waals surface area contributed by atoms with Crippen LogP contribution in [0.5, 0.6) is 0 Å². The predicted octanol–water partition coefficient (Wildman–Crippen LogP) is 4.67. The fourth-order valence-corrected chi connectivity index (χ4v) is 4.52. The van der Waals surface area contributed by atoms with Crippen LogP contribution in [0, 0.1) is 6.92 Å². The van der Waals surface area contributed by atoms with E-state index in [-0.39, 0.29) is 11.2 Å². The fourth-order valence-electron chi connectivity index (χ4n) is 4.52. The molecule has 0 unspecified atom stereocenters. The van der Waals surface area contributed by atoms with Gasteiger partial charge in [0.05, 0.1) is 29.9 Å². The summed E-state index contributed by atoms with van der Waals surface area (Å²) in [5.41, 5.74) is 3.34. The smallest absolute Gasteiger partial charge is 0.339 e. The van der Waals surface area contributed by atoms with E-state index in [9.17, 15) is 18.0 Å². The van der Waals surface area contributed by atoms with Gasteiger partial charge in [-0.05, 0) is 43.3 Å². The van der Waals surface area contributed by atoms with Gasteiger partial charge in [-0.3, -0.25) is 4.79 Å². The number of nitrogens with zero attached hydrogens (tertiary/aromatic N) is 6. The van der Waals surface area contributed by atoms with Crippen molar-refractivity contribution in [1.29, 1.82) is 0 Å². The Labute approximate surface area is 214 Å². The third-order valence-corrected chi connectivity index (χ3v) is 6.42. The lowest BCUT2D eigenvalue weighted by molar-refractivity contribution is -0.137. The average molecular weight is 519 g/mol. The van der Waals surface area contributed by atoms with E-state index >= 15 is 0 Å². The number of rotatable bonds is 4. The Hall–Kier alpha value is -4.74. The molecule has 1 aliphatic rings. The van der Waals surface area contributed by atoms with Gasteiger partial charge in [0, 0.05) is 24.0 Å². The van der Waals surface area contributed by atoms with Gasteiger partial charge >= 0.3 is 6.18 Å². The molecule has 1 aliphatic heterocycles. The minimum atomic E-state index is -4.45. The second-order valence-corrected chi connectivity index (χ2v) is 9.04. The molecule has 0 amide bonds. The van der Waals surface area contributed by atoms with Crippen LogP contribution in [0.1, 0.15) is 16.8 Å². The molecule has 12 heteroatoms. The Morgan fingerprint density at radius 2 is 1.84 bits per heavy atom. The number of hydrogen-bond donors (Lipinski definition) is 2. The van der Waals surface area contributed by atoms with Crippen molar-refractivity contribution >= 4 is 28.4 Å². The first-order chi connectivity index (χ1) is 18.3. The van der Waals surface area contributed by atoms with Crippen molar-refractivity contribution < 1.29 is 13.2 Å². The van der Waals surface area contributed by atoms with Crippen LogP contribution in [0.4, 0.5) is 30.6 Å². The van der Waals surface area contributed by atoms with E-state index < -0.39 is 17.3 Å². The van der Waals surface area contributed by atoms with Crippen LogP contribution in [0.15, 0.2) is 65.6 Å². The van der Waals surface area contributed by atoms with Gasteiger partial charge in [-0.1, -0.05) is 29.0 Å². The molecule has 0 saturated heterocycles. The summed E-state index contributed by atoms with van der Waals surface area (Å²) in [5, 5.41) is 11.9. The molecule has 5 aromatic rings. The molecule has 2 N–H and O–H groups in total. The van der Waals surface area contributed by atoms with E-state index in [2.05, 4.69) is 36.6 Å². The summed E-state index contributed by atoms with van der Waals surface area (Å²) in [5.74, 6) is 0.572. The molecule has 0 fully saturated rings. The quantitative estimate of drug-likeness (QED) is 0.356. The number of halogens is 3. The maximum absolute atomic E-state index is 13.0. The van der Waals surface area contributed by atoms with Gasteiger partial charge in [-0.25, -0.2) is 9.67 Å². The van der Waals surface area contributed by atoms with Gasteiger partial charge in [0.25, 0.3) is 5.56 Å². The molecule has 192 valence electrons. The molecule has 0 spiro atoms. The molecule has 6 rings (SSSR count). The highest BCUT2D eigenvalue weighted by Crippen LogP contribution is 2.32. The number of nitrogens with one attached hydrogen (secondary N) is 2. The van der Waals surface area contributed by atoms with Crippen molar-refractivity contribution in [2.45, 2.75) is 26.2 Å². The van der Waals surface area contributed by atoms with Crippen LogP contribution in [-0.2, 0) is 19.3 Å². The number of aromatic amines is 1. The van der Waals surface area contributed by atoms with Crippen LogP contribution in [0.2, 0.25) is 0 Å². The summed E-state index contributed by atoms with van der Waals surface area (Å²) in [4.78, 5) is 26.5. The molecule has 3 aromatic heterocycles. The van der Waals surface area contributed by atoms with Crippen molar-refractivity contribution in [3.8, 4) is 11.3 Å². The second-order valence-electron chi connectivity index (χ2n) is 9.04. The van der Waals surface area contributed by atoms with Crippen LogP contribution in [-0.4, -0.2) is 36.5 Å². The van der Waals surface area contributed by atoms with Gasteiger partial charge < -0.3 is 15.2 Å². The van der Waals surface area contributed by atoms with Gasteiger partial charge in [-0.15, -0.1) is 5.10 Å². The van der Waals surface area contributed by atoms with Crippen LogP contribution >= 0.6 is 0 Å². The topological polar surface area (TPSA) is 105 Å². The van der Waals surface area contributed by atoms with E-state index in [4.69, 9.17) is 0 Å². The summed E-state index contributed by atoms with van der Waals surface area (Å²) >= 11 is 0. The molecule has 0 radical (unpaired) electrons. The number of fused-ring (bicyclic) bond motifs is 2. The minimum absolute atomic E-state index is 0.197. The van der Waals surface area contributed by atoms with E-state index in [1.165, 1.54) is 18.3 Å². The standard InChI is InChI=1S/C26H21F3N8O/c1-15-3-2-4-16(13-15)22-20-14-36(11-12-37(20)35-34-22)25-32-19-9-10-30-24(38)21(19)23(33-25)31-18-7-5-17(6-8-18)26(27,28)29/h2-10,13H,11-12,14H2,1H3,(H,30,38)(H,31,32,33). The van der Waals surface area contributed by atoms with Gasteiger partial charge in [-0.2, -0.15) is 18.2 Å². The Morgan fingerprint density at radius 1 is 1.03 bits per heavy atom. The normalized spacial score (nSPS) is 13.5. The van der Waals surface area contributed by atoms with E-state index in [1.54, 1.807) is 6.07 Å². The number of aromatic nitrogens is 6. The highest BCUT2D eigenvalue weighted by atomic mass is 19.4. The zero-order valence-corrected chi connectivity index (χ0v) is 20.1. The van der Waals surface area contributed by atoms with Crippen LogP contribution in [0.25, 0.3) is 22.2 Å². The molecule has 0 aliphatic carbocycles.